The van der Waals surface area contributed by atoms with Crippen LogP contribution in [0.25, 0.3) is 21.8 Å². The number of hydrogen-bond donors (Lipinski definition) is 4. The lowest BCUT2D eigenvalue weighted by molar-refractivity contribution is -0.116. The number of aliphatic imine (C=N–C) groups is 6. The number of amides is 6. The van der Waals surface area contributed by atoms with Crippen LogP contribution in [0.3, 0.4) is 0 Å². The number of thioether (sulfide) groups is 2. The number of nitrogens with zero attached hydrogens (tertiary/aromatic N) is 12. The molecule has 0 unspecified atom stereocenters. The fourth-order valence-corrected chi connectivity index (χ4v) is 18.1. The van der Waals surface area contributed by atoms with E-state index in [1.165, 1.54) is 23.5 Å². The van der Waals surface area contributed by atoms with Crippen LogP contribution in [0.1, 0.15) is 150 Å². The van der Waals surface area contributed by atoms with Crippen LogP contribution in [0.15, 0.2) is 218 Å². The summed E-state index contributed by atoms with van der Waals surface area (Å²) in [5, 5.41) is 15.8. The molecule has 4 N–H and O–H groups in total. The summed E-state index contributed by atoms with van der Waals surface area (Å²) in [4.78, 5) is 122. The monoisotopic (exact) mass is 1990 g/mol. The minimum absolute atomic E-state index is 0.0829. The summed E-state index contributed by atoms with van der Waals surface area (Å²) in [6.07, 6.45) is 8.03. The molecule has 32 heteroatoms. The Morgan fingerprint density at radius 3 is 1.12 bits per heavy atom. The van der Waals surface area contributed by atoms with Crippen molar-refractivity contribution in [1.82, 2.24) is 40.2 Å². The molecule has 4 fully saturated rings. The van der Waals surface area contributed by atoms with Gasteiger partial charge in [0.15, 0.2) is 11.3 Å². The molecular weight excluding hydrogens is 1890 g/mol. The number of carbonyl (C=O) groups is 6. The Kier molecular flexibility index (Phi) is 29.4. The highest BCUT2D eigenvalue weighted by Gasteiger charge is 2.47. The fraction of sp³-hybridized carbons (Fsp3) is 0.402. The standard InChI is InChI=1S/C29H30BrN5O3S.C27H28BrN5OS.C18H22BrN3O3.C18H22BrN3O2S/c1-28(2,3)38-27(37)35-14-12-29(13-15-35)33-25(19-8-10-21(30)11-9-19)26(34-29)39-18-24(36)32-22-16-20-6-4-5-7-23(20)31-17-22;1-18(2)33-13-11-27(12-14-33)31-25(19-7-9-21(28)10-8-19)26(32-27)35-17-24(34)30-22-15-20-5-3-4-6-23(20)29-16-22;1-17(2,3)25-16(24)22-10-8-18(9-11-22)20-14(15(23)21-18)12-4-6-13(19)7-5-12;1-17(2,3)24-16(23)22-10-8-18(9-11-22)20-14(15(25)21-18)12-4-6-13(19)7-5-12/h4-11,16-17H,12-15,18H2,1-3H3,(H,32,36);3-10,15-16,18H,11-14,17H2,1-2H3,(H,30,34);4-7H,8-11H2,1-3H3,(H,21,23);4-7H,8-11H2,1-3H3,(H,21,25). The van der Waals surface area contributed by atoms with Gasteiger partial charge in [0.05, 0.1) is 57.7 Å². The number of pyridine rings is 2. The van der Waals surface area contributed by atoms with Crippen molar-refractivity contribution in [2.45, 2.75) is 173 Å². The Morgan fingerprint density at radius 1 is 0.435 bits per heavy atom. The zero-order valence-electron chi connectivity index (χ0n) is 71.2. The van der Waals surface area contributed by atoms with Gasteiger partial charge >= 0.3 is 18.3 Å². The molecule has 6 amide bonds. The lowest BCUT2D eigenvalue weighted by Crippen LogP contribution is -2.53. The van der Waals surface area contributed by atoms with Gasteiger partial charge in [-0.25, -0.2) is 24.4 Å². The molecule has 0 atom stereocenters. The number of halogens is 4. The topological polar surface area (TPSA) is 291 Å². The van der Waals surface area contributed by atoms with Crippen molar-refractivity contribution in [2.75, 3.05) is 74.5 Å². The maximum atomic E-state index is 12.9. The lowest BCUT2D eigenvalue weighted by Gasteiger charge is -2.38. The molecule has 8 aliphatic rings. The highest BCUT2D eigenvalue weighted by molar-refractivity contribution is 9.11. The molecule has 4 spiro atoms. The number of anilines is 2. The van der Waals surface area contributed by atoms with Gasteiger partial charge in [0.1, 0.15) is 54.6 Å². The van der Waals surface area contributed by atoms with E-state index < -0.39 is 39.5 Å². The molecule has 4 saturated heterocycles. The first-order valence-electron chi connectivity index (χ1n) is 41.4. The fourth-order valence-electron chi connectivity index (χ4n) is 15.0. The third-order valence-electron chi connectivity index (χ3n) is 21.4. The van der Waals surface area contributed by atoms with E-state index in [-0.39, 0.29) is 47.5 Å². The van der Waals surface area contributed by atoms with Crippen LogP contribution in [-0.4, -0.2) is 213 Å². The van der Waals surface area contributed by atoms with E-state index in [0.717, 1.165) is 115 Å². The zero-order chi connectivity index (χ0) is 88.5. The zero-order valence-corrected chi connectivity index (χ0v) is 80.0. The quantitative estimate of drug-likeness (QED) is 0.0691. The van der Waals surface area contributed by atoms with Crippen LogP contribution in [0, 0.1) is 0 Å². The van der Waals surface area contributed by atoms with E-state index in [1.807, 2.05) is 208 Å². The number of nitrogens with one attached hydrogen (secondary N) is 4. The number of piperidine rings is 4. The maximum Gasteiger partial charge on any atom is 0.410 e. The van der Waals surface area contributed by atoms with Crippen LogP contribution in [0.4, 0.5) is 25.8 Å². The second kappa shape index (κ2) is 39.4. The van der Waals surface area contributed by atoms with E-state index in [9.17, 15) is 28.8 Å². The summed E-state index contributed by atoms with van der Waals surface area (Å²) in [6.45, 7) is 26.4. The van der Waals surface area contributed by atoms with E-state index in [2.05, 4.69) is 126 Å². The van der Waals surface area contributed by atoms with Crippen molar-refractivity contribution in [3.63, 3.8) is 0 Å². The molecule has 650 valence electrons. The Bertz CT molecular complexity index is 5380. The minimum atomic E-state index is -0.651. The first-order chi connectivity index (χ1) is 58.8. The normalized spacial score (nSPS) is 18.1. The molecule has 8 aliphatic heterocycles. The maximum absolute atomic E-state index is 12.9. The number of para-hydroxylation sites is 2. The van der Waals surface area contributed by atoms with Crippen LogP contribution < -0.4 is 21.3 Å². The van der Waals surface area contributed by atoms with Gasteiger partial charge in [-0.15, -0.1) is 0 Å². The van der Waals surface area contributed by atoms with Crippen LogP contribution in [0.5, 0.6) is 0 Å². The van der Waals surface area contributed by atoms with E-state index in [1.54, 1.807) is 27.1 Å². The predicted octanol–water partition coefficient (Wildman–Crippen LogP) is 19.1. The Labute approximate surface area is 771 Å². The first-order valence-corrected chi connectivity index (χ1v) is 46.9. The smallest absolute Gasteiger partial charge is 0.410 e. The first kappa shape index (κ1) is 92.5. The van der Waals surface area contributed by atoms with Gasteiger partial charge in [-0.2, -0.15) is 0 Å². The SMILES string of the molecule is CC(C)(C)OC(=O)N1CCC2(CC1)N=C(SCC(=O)Nc1cnc3ccccc3c1)C(c1ccc(Br)cc1)=N2.CC(C)(C)OC(=O)N1CCC2(CC1)N=C(c1ccc(Br)cc1)C(=O)N2.CC(C)(C)OC(=O)N1CCC2(CC1)N=C(c1ccc(Br)cc1)C(=S)N2.CC(C)N1CCC2(CC1)N=C(SCC(=O)Nc1cnc3ccccc3c1)C(c1ccc(Br)cc1)=N2. The molecule has 0 radical (unpaired) electrons. The van der Waals surface area contributed by atoms with E-state index in [0.29, 0.717) is 106 Å². The molecule has 124 heavy (non-hydrogen) atoms. The van der Waals surface area contributed by atoms with Crippen LogP contribution in [0.2, 0.25) is 0 Å². The van der Waals surface area contributed by atoms with Gasteiger partial charge in [0, 0.05) is 161 Å². The summed E-state index contributed by atoms with van der Waals surface area (Å²) in [7, 11) is 0. The number of benzene rings is 6. The number of thiocarbonyl (C=S) groups is 1. The average molecular weight is 1990 g/mol. The minimum Gasteiger partial charge on any atom is -0.444 e. The number of aromatic nitrogens is 2. The number of hydrogen-bond acceptors (Lipinski definition) is 21. The van der Waals surface area contributed by atoms with E-state index >= 15 is 0 Å². The van der Waals surface area contributed by atoms with Crippen molar-refractivity contribution < 1.29 is 43.0 Å². The van der Waals surface area contributed by atoms with Gasteiger partial charge < -0.3 is 55.1 Å². The molecule has 6 aromatic carbocycles. The summed E-state index contributed by atoms with van der Waals surface area (Å²) in [5.74, 6) is 0.0562. The molecular formula is C92H102Br4N16O9S3. The number of rotatable bonds is 11. The Balaban J connectivity index is 0.000000145. The summed E-state index contributed by atoms with van der Waals surface area (Å²) in [5.41, 5.74) is 6.23. The van der Waals surface area contributed by atoms with Gasteiger partial charge in [-0.1, -0.05) is 184 Å². The van der Waals surface area contributed by atoms with Crippen molar-refractivity contribution in [3.8, 4) is 0 Å². The Morgan fingerprint density at radius 2 is 0.758 bits per heavy atom. The van der Waals surface area contributed by atoms with Gasteiger partial charge in [-0.3, -0.25) is 44.3 Å². The number of fused-ring (bicyclic) bond motifs is 2. The molecule has 10 heterocycles. The summed E-state index contributed by atoms with van der Waals surface area (Å²) >= 11 is 22.2. The molecule has 25 nitrogen and oxygen atoms in total. The predicted molar refractivity (Wildman–Crippen MR) is 515 cm³/mol. The van der Waals surface area contributed by atoms with Crippen LogP contribution in [-0.2, 0) is 28.6 Å². The number of likely N-dealkylation sites (tertiary alicyclic amines) is 4. The molecule has 0 aliphatic carbocycles. The molecule has 2 aromatic heterocycles. The molecule has 0 saturated carbocycles. The molecule has 16 rings (SSSR count). The Hall–Kier alpha value is -9.15. The van der Waals surface area contributed by atoms with Gasteiger partial charge in [0.2, 0.25) is 11.8 Å². The van der Waals surface area contributed by atoms with Crippen molar-refractivity contribution in [1.29, 1.82) is 0 Å². The van der Waals surface area contributed by atoms with Crippen molar-refractivity contribution in [2.24, 2.45) is 30.0 Å². The lowest BCUT2D eigenvalue weighted by atomic mass is 9.97. The van der Waals surface area contributed by atoms with Crippen molar-refractivity contribution in [3.05, 3.63) is 210 Å². The third kappa shape index (κ3) is 24.5. The number of ether oxygens (including phenoxy) is 3. The van der Waals surface area contributed by atoms with Gasteiger partial charge in [0.25, 0.3) is 5.91 Å². The number of carbonyl (C=O) groups excluding carboxylic acids is 6. The average Bonchev–Trinajstić information content (AvgIpc) is 1.64. The summed E-state index contributed by atoms with van der Waals surface area (Å²) < 4.78 is 20.4. The van der Waals surface area contributed by atoms with Crippen LogP contribution >= 0.6 is 99.5 Å². The molecule has 0 bridgehead atoms. The van der Waals surface area contributed by atoms with Crippen molar-refractivity contribution >= 4 is 207 Å². The van der Waals surface area contributed by atoms with E-state index in [4.69, 9.17) is 56.4 Å². The summed E-state index contributed by atoms with van der Waals surface area (Å²) in [6, 6.07) is 51.6. The second-order valence-corrected chi connectivity index (χ2v) is 40.7. The highest BCUT2D eigenvalue weighted by atomic mass is 79.9. The highest BCUT2D eigenvalue weighted by Crippen LogP contribution is 2.40. The molecule has 8 aromatic rings. The third-order valence-corrected chi connectivity index (χ3v) is 25.7. The van der Waals surface area contributed by atoms with Gasteiger partial charge in [-0.05, 0) is 149 Å². The largest absolute Gasteiger partial charge is 0.444 e. The second-order valence-electron chi connectivity index (χ2n) is 34.7.